The summed E-state index contributed by atoms with van der Waals surface area (Å²) in [7, 11) is 0. The molecule has 0 saturated heterocycles. The summed E-state index contributed by atoms with van der Waals surface area (Å²) in [6, 6.07) is 15.5. The van der Waals surface area contributed by atoms with Gasteiger partial charge in [-0.25, -0.2) is 0 Å². The molecule has 0 radical (unpaired) electrons. The van der Waals surface area contributed by atoms with Gasteiger partial charge in [0.2, 0.25) is 0 Å². The smallest absolute Gasteiger partial charge is 0.124 e. The van der Waals surface area contributed by atoms with Gasteiger partial charge in [-0.3, -0.25) is 0 Å². The van der Waals surface area contributed by atoms with Crippen molar-refractivity contribution in [1.29, 1.82) is 10.5 Å². The zero-order valence-corrected chi connectivity index (χ0v) is 16.2. The number of benzene rings is 2. The van der Waals surface area contributed by atoms with Crippen LogP contribution in [0.15, 0.2) is 36.4 Å². The third-order valence-electron chi connectivity index (χ3n) is 3.72. The molecule has 2 nitrogen and oxygen atoms in total. The van der Waals surface area contributed by atoms with Gasteiger partial charge in [0.05, 0.1) is 12.1 Å². The van der Waals surface area contributed by atoms with E-state index in [2.05, 4.69) is 0 Å². The van der Waals surface area contributed by atoms with Gasteiger partial charge in [0.15, 0.2) is 0 Å². The fraction of sp³-hybridized carbons (Fsp3) is 0.263. The molecule has 0 spiro atoms. The predicted octanol–water partition coefficient (Wildman–Crippen LogP) is 5.93. The number of rotatable bonds is 6. The van der Waals surface area contributed by atoms with Crippen LogP contribution in [0.4, 0.5) is 0 Å². The maximum atomic E-state index is 8.79. The maximum absolute atomic E-state index is 8.79. The zero-order chi connectivity index (χ0) is 18.4. The van der Waals surface area contributed by atoms with Crippen molar-refractivity contribution in [3.05, 3.63) is 68.7 Å². The van der Waals surface area contributed by atoms with E-state index in [1.807, 2.05) is 48.5 Å². The van der Waals surface area contributed by atoms with Gasteiger partial charge in [-0.15, -0.1) is 23.2 Å². The van der Waals surface area contributed by atoms with Crippen LogP contribution in [0.25, 0.3) is 0 Å². The predicted molar refractivity (Wildman–Crippen MR) is 104 cm³/mol. The van der Waals surface area contributed by atoms with Crippen LogP contribution in [-0.4, -0.2) is 10.8 Å². The van der Waals surface area contributed by atoms with Crippen molar-refractivity contribution in [2.75, 3.05) is 0 Å². The third kappa shape index (κ3) is 5.81. The molecule has 0 unspecified atom stereocenters. The first-order valence-electron chi connectivity index (χ1n) is 7.55. The minimum Gasteiger partial charge on any atom is -0.197 e. The number of hydrogen-bond acceptors (Lipinski definition) is 2. The second-order valence-electron chi connectivity index (χ2n) is 5.63. The van der Waals surface area contributed by atoms with E-state index in [1.165, 1.54) is 0 Å². The molecule has 0 bridgehead atoms. The molecule has 0 saturated carbocycles. The van der Waals surface area contributed by atoms with Crippen LogP contribution < -0.4 is 0 Å². The van der Waals surface area contributed by atoms with Gasteiger partial charge in [-0.05, 0) is 40.8 Å². The molecule has 2 atom stereocenters. The molecule has 25 heavy (non-hydrogen) atoms. The van der Waals surface area contributed by atoms with E-state index in [9.17, 15) is 0 Å². The van der Waals surface area contributed by atoms with Crippen molar-refractivity contribution in [3.8, 4) is 12.1 Å². The molecule has 6 heteroatoms. The van der Waals surface area contributed by atoms with E-state index in [-0.39, 0.29) is 0 Å². The van der Waals surface area contributed by atoms with Crippen LogP contribution in [-0.2, 0) is 19.3 Å². The molecule has 128 valence electrons. The second kappa shape index (κ2) is 9.33. The Kier molecular flexibility index (Phi) is 7.42. The first-order chi connectivity index (χ1) is 11.9. The molecule has 0 aliphatic carbocycles. The van der Waals surface area contributed by atoms with Crippen LogP contribution in [0.2, 0.25) is 10.0 Å². The van der Waals surface area contributed by atoms with Gasteiger partial charge in [0, 0.05) is 22.9 Å². The summed E-state index contributed by atoms with van der Waals surface area (Å²) in [5.74, 6) is 0. The molecule has 0 N–H and O–H groups in total. The minimum absolute atomic E-state index is 0.413. The van der Waals surface area contributed by atoms with Crippen molar-refractivity contribution < 1.29 is 0 Å². The van der Waals surface area contributed by atoms with Crippen LogP contribution >= 0.6 is 46.4 Å². The topological polar surface area (TPSA) is 47.6 Å². The van der Waals surface area contributed by atoms with Gasteiger partial charge >= 0.3 is 0 Å². The van der Waals surface area contributed by atoms with Crippen molar-refractivity contribution in [3.63, 3.8) is 0 Å². The van der Waals surface area contributed by atoms with Gasteiger partial charge in [-0.1, -0.05) is 47.5 Å². The molecule has 0 amide bonds. The lowest BCUT2D eigenvalue weighted by Gasteiger charge is -2.10. The van der Waals surface area contributed by atoms with Crippen molar-refractivity contribution in [2.45, 2.75) is 30.0 Å². The molecule has 2 aromatic rings. The van der Waals surface area contributed by atoms with E-state index >= 15 is 0 Å². The molecular weight excluding hydrogens is 398 g/mol. The zero-order valence-electron chi connectivity index (χ0n) is 13.1. The summed E-state index contributed by atoms with van der Waals surface area (Å²) < 4.78 is 0. The molecule has 0 aromatic heterocycles. The Morgan fingerprint density at radius 2 is 1.16 bits per heavy atom. The maximum Gasteiger partial charge on any atom is 0.124 e. The summed E-state index contributed by atoms with van der Waals surface area (Å²) in [4.78, 5) is 0. The van der Waals surface area contributed by atoms with Gasteiger partial charge < -0.3 is 0 Å². The Bertz CT molecular complexity index is 767. The van der Waals surface area contributed by atoms with Crippen LogP contribution in [0.5, 0.6) is 0 Å². The first-order valence-corrected chi connectivity index (χ1v) is 9.17. The summed E-state index contributed by atoms with van der Waals surface area (Å²) in [6.45, 7) is 0. The van der Waals surface area contributed by atoms with E-state index in [0.717, 1.165) is 22.3 Å². The SMILES string of the molecule is N#C[C@@H](Cl)Cc1ccc(Cc2ccc(C[C@@H](Cl)C#N)c(Cl)c2)cc1Cl. The lowest BCUT2D eigenvalue weighted by atomic mass is 10.00. The van der Waals surface area contributed by atoms with Crippen LogP contribution in [0.1, 0.15) is 22.3 Å². The normalized spacial score (nSPS) is 12.9. The largest absolute Gasteiger partial charge is 0.197 e. The fourth-order valence-electron chi connectivity index (χ4n) is 2.45. The van der Waals surface area contributed by atoms with Crippen LogP contribution in [0, 0.1) is 22.7 Å². The molecule has 0 fully saturated rings. The van der Waals surface area contributed by atoms with Crippen LogP contribution in [0.3, 0.4) is 0 Å². The highest BCUT2D eigenvalue weighted by Gasteiger charge is 2.11. The summed E-state index contributed by atoms with van der Waals surface area (Å²) in [5.41, 5.74) is 3.77. The average molecular weight is 412 g/mol. The van der Waals surface area contributed by atoms with Crippen molar-refractivity contribution >= 4 is 46.4 Å². The van der Waals surface area contributed by atoms with E-state index in [1.54, 1.807) is 0 Å². The quantitative estimate of drug-likeness (QED) is 0.552. The molecule has 2 rings (SSSR count). The summed E-state index contributed by atoms with van der Waals surface area (Å²) in [5, 5.41) is 17.6. The summed E-state index contributed by atoms with van der Waals surface area (Å²) in [6.07, 6.45) is 1.50. The van der Waals surface area contributed by atoms with Gasteiger partial charge in [-0.2, -0.15) is 10.5 Å². The number of nitriles is 2. The monoisotopic (exact) mass is 410 g/mol. The Labute approximate surface area is 167 Å². The molecule has 0 heterocycles. The highest BCUT2D eigenvalue weighted by atomic mass is 35.5. The van der Waals surface area contributed by atoms with Crippen molar-refractivity contribution in [2.24, 2.45) is 0 Å². The molecule has 0 aliphatic rings. The standard InChI is InChI=1S/C19H14Cl4N2/c20-16(10-24)8-14-3-1-12(6-18(14)22)5-13-2-4-15(19(23)7-13)9-17(21)11-25/h1-4,6-7,16-17H,5,8-9H2/t16-,17+. The lowest BCUT2D eigenvalue weighted by Crippen LogP contribution is -2.02. The number of alkyl halides is 2. The fourth-order valence-corrected chi connectivity index (χ4v) is 3.34. The number of hydrogen-bond donors (Lipinski definition) is 0. The number of halogens is 4. The Balaban J connectivity index is 2.12. The first kappa shape index (κ1) is 19.9. The van der Waals surface area contributed by atoms with Gasteiger partial charge in [0.1, 0.15) is 10.8 Å². The molecule has 0 aliphatic heterocycles. The van der Waals surface area contributed by atoms with E-state index in [4.69, 9.17) is 56.9 Å². The molecule has 2 aromatic carbocycles. The second-order valence-corrected chi connectivity index (χ2v) is 7.50. The Hall–Kier alpha value is -1.42. The van der Waals surface area contributed by atoms with Crippen molar-refractivity contribution in [1.82, 2.24) is 0 Å². The number of nitrogens with zero attached hydrogens (tertiary/aromatic N) is 2. The Morgan fingerprint density at radius 3 is 1.48 bits per heavy atom. The van der Waals surface area contributed by atoms with E-state index in [0.29, 0.717) is 29.3 Å². The van der Waals surface area contributed by atoms with Gasteiger partial charge in [0.25, 0.3) is 0 Å². The third-order valence-corrected chi connectivity index (χ3v) is 4.93. The molecular formula is C19H14Cl4N2. The summed E-state index contributed by atoms with van der Waals surface area (Å²) >= 11 is 24.3. The van der Waals surface area contributed by atoms with E-state index < -0.39 is 10.8 Å². The lowest BCUT2D eigenvalue weighted by molar-refractivity contribution is 1.01. The highest BCUT2D eigenvalue weighted by molar-refractivity contribution is 6.32. The minimum atomic E-state index is -0.589. The average Bonchev–Trinajstić information content (AvgIpc) is 2.59. The Morgan fingerprint density at radius 1 is 0.760 bits per heavy atom. The highest BCUT2D eigenvalue weighted by Crippen LogP contribution is 2.25.